The predicted molar refractivity (Wildman–Crippen MR) is 82.7 cm³/mol. The molecule has 0 aliphatic rings. The minimum atomic E-state index is -0.403. The Balaban J connectivity index is 0.000000200. The minimum Gasteiger partial charge on any atom is -0.276 e. The summed E-state index contributed by atoms with van der Waals surface area (Å²) in [4.78, 5) is 21.1. The van der Waals surface area contributed by atoms with E-state index in [4.69, 9.17) is 23.2 Å². The van der Waals surface area contributed by atoms with Gasteiger partial charge in [-0.2, -0.15) is 0 Å². The Morgan fingerprint density at radius 3 is 1.70 bits per heavy atom. The Kier molecular flexibility index (Phi) is 6.43. The normalized spacial score (nSPS) is 9.40. The molecule has 4 heteroatoms. The van der Waals surface area contributed by atoms with Crippen molar-refractivity contribution in [2.24, 2.45) is 0 Å². The molecule has 0 bridgehead atoms. The Hall–Kier alpha value is -1.64. The summed E-state index contributed by atoms with van der Waals surface area (Å²) in [6.45, 7) is 3.88. The molecule has 0 spiro atoms. The van der Waals surface area contributed by atoms with Crippen LogP contribution in [0.3, 0.4) is 0 Å². The fourth-order valence-electron chi connectivity index (χ4n) is 1.45. The molecular weight excluding hydrogens is 295 g/mol. The van der Waals surface area contributed by atoms with Gasteiger partial charge in [0.25, 0.3) is 10.5 Å². The van der Waals surface area contributed by atoms with Gasteiger partial charge in [0.1, 0.15) is 0 Å². The van der Waals surface area contributed by atoms with Crippen molar-refractivity contribution in [3.8, 4) is 0 Å². The number of halogens is 2. The summed E-state index contributed by atoms with van der Waals surface area (Å²) in [5.74, 6) is 0. The molecule has 0 aromatic heterocycles. The van der Waals surface area contributed by atoms with Crippen molar-refractivity contribution in [2.75, 3.05) is 0 Å². The van der Waals surface area contributed by atoms with Crippen molar-refractivity contribution in [3.05, 3.63) is 70.8 Å². The van der Waals surface area contributed by atoms with Crippen LogP contribution in [-0.2, 0) is 0 Å². The van der Waals surface area contributed by atoms with Crippen LogP contribution in [0.15, 0.2) is 48.5 Å². The molecule has 0 aliphatic carbocycles. The highest BCUT2D eigenvalue weighted by Gasteiger charge is 1.99. The molecule has 0 amide bonds. The summed E-state index contributed by atoms with van der Waals surface area (Å²) in [7, 11) is 0. The minimum absolute atomic E-state index is 0.399. The molecule has 0 fully saturated rings. The fourth-order valence-corrected chi connectivity index (χ4v) is 1.70. The SMILES string of the molecule is Cc1ccc(C(=O)Cl)cc1.Cc1cccc(C(=O)Cl)c1. The molecule has 2 rings (SSSR count). The maximum absolute atomic E-state index is 10.6. The van der Waals surface area contributed by atoms with Crippen LogP contribution in [-0.4, -0.2) is 10.5 Å². The van der Waals surface area contributed by atoms with Crippen LogP contribution in [0.25, 0.3) is 0 Å². The third-order valence-corrected chi connectivity index (χ3v) is 2.96. The number of rotatable bonds is 2. The second kappa shape index (κ2) is 7.83. The number of carbonyl (C=O) groups excluding carboxylic acids is 2. The summed E-state index contributed by atoms with van der Waals surface area (Å²) in [6.07, 6.45) is 0. The molecule has 0 atom stereocenters. The van der Waals surface area contributed by atoms with Crippen LogP contribution in [0.5, 0.6) is 0 Å². The molecule has 104 valence electrons. The Morgan fingerprint density at radius 1 is 0.750 bits per heavy atom. The van der Waals surface area contributed by atoms with E-state index in [9.17, 15) is 9.59 Å². The lowest BCUT2D eigenvalue weighted by atomic mass is 10.2. The van der Waals surface area contributed by atoms with Crippen LogP contribution in [0.4, 0.5) is 0 Å². The van der Waals surface area contributed by atoms with Crippen molar-refractivity contribution in [2.45, 2.75) is 13.8 Å². The topological polar surface area (TPSA) is 34.1 Å². The highest BCUT2D eigenvalue weighted by Crippen LogP contribution is 2.06. The van der Waals surface area contributed by atoms with Crippen molar-refractivity contribution in [3.63, 3.8) is 0 Å². The molecule has 0 unspecified atom stereocenters. The predicted octanol–water partition coefficient (Wildman–Crippen LogP) is 4.75. The van der Waals surface area contributed by atoms with E-state index in [0.29, 0.717) is 11.1 Å². The maximum atomic E-state index is 10.6. The average molecular weight is 309 g/mol. The number of hydrogen-bond donors (Lipinski definition) is 0. The summed E-state index contributed by atoms with van der Waals surface area (Å²) in [6, 6.07) is 14.3. The second-order valence-electron chi connectivity index (χ2n) is 4.28. The monoisotopic (exact) mass is 308 g/mol. The van der Waals surface area contributed by atoms with Gasteiger partial charge in [0.15, 0.2) is 0 Å². The smallest absolute Gasteiger partial charge is 0.252 e. The van der Waals surface area contributed by atoms with Crippen molar-refractivity contribution in [1.29, 1.82) is 0 Å². The molecule has 0 saturated carbocycles. The summed E-state index contributed by atoms with van der Waals surface area (Å²) in [5, 5.41) is -0.802. The van der Waals surface area contributed by atoms with E-state index in [0.717, 1.165) is 11.1 Å². The summed E-state index contributed by atoms with van der Waals surface area (Å²) < 4.78 is 0. The molecular formula is C16H14Cl2O2. The molecule has 0 radical (unpaired) electrons. The van der Waals surface area contributed by atoms with Gasteiger partial charge in [-0.05, 0) is 55.2 Å². The summed E-state index contributed by atoms with van der Waals surface area (Å²) in [5.41, 5.74) is 3.28. The Labute approximate surface area is 128 Å². The largest absolute Gasteiger partial charge is 0.276 e. The Bertz CT molecular complexity index is 604. The van der Waals surface area contributed by atoms with Gasteiger partial charge in [0, 0.05) is 11.1 Å². The first-order valence-corrected chi connectivity index (χ1v) is 6.68. The highest BCUT2D eigenvalue weighted by atomic mass is 35.5. The lowest BCUT2D eigenvalue weighted by molar-refractivity contribution is 0.107. The van der Waals surface area contributed by atoms with E-state index in [1.165, 1.54) is 0 Å². The van der Waals surface area contributed by atoms with Crippen LogP contribution in [0, 0.1) is 13.8 Å². The van der Waals surface area contributed by atoms with Gasteiger partial charge in [0.2, 0.25) is 0 Å². The van der Waals surface area contributed by atoms with Gasteiger partial charge in [-0.3, -0.25) is 9.59 Å². The van der Waals surface area contributed by atoms with E-state index in [1.807, 2.05) is 38.1 Å². The average Bonchev–Trinajstić information content (AvgIpc) is 2.40. The Morgan fingerprint density at radius 2 is 1.30 bits per heavy atom. The maximum Gasteiger partial charge on any atom is 0.252 e. The number of aryl methyl sites for hydroxylation is 2. The molecule has 0 heterocycles. The number of benzene rings is 2. The third-order valence-electron chi connectivity index (χ3n) is 2.52. The lowest BCUT2D eigenvalue weighted by Crippen LogP contribution is -1.87. The molecule has 0 aliphatic heterocycles. The quantitative estimate of drug-likeness (QED) is 0.750. The van der Waals surface area contributed by atoms with Crippen LogP contribution < -0.4 is 0 Å². The highest BCUT2D eigenvalue weighted by molar-refractivity contribution is 6.68. The standard InChI is InChI=1S/2C8H7ClO/c1-6-2-4-7(5-3-6)8(9)10;1-6-3-2-4-7(5-6)8(9)10/h2*2-5H,1H3. The molecule has 2 nitrogen and oxygen atoms in total. The van der Waals surface area contributed by atoms with Crippen molar-refractivity contribution < 1.29 is 9.59 Å². The zero-order valence-corrected chi connectivity index (χ0v) is 12.7. The molecule has 0 N–H and O–H groups in total. The van der Waals surface area contributed by atoms with Gasteiger partial charge in [-0.25, -0.2) is 0 Å². The van der Waals surface area contributed by atoms with Gasteiger partial charge in [0.05, 0.1) is 0 Å². The van der Waals surface area contributed by atoms with E-state index >= 15 is 0 Å². The first-order valence-electron chi connectivity index (χ1n) is 5.93. The van der Waals surface area contributed by atoms with Crippen LogP contribution in [0.2, 0.25) is 0 Å². The van der Waals surface area contributed by atoms with Gasteiger partial charge in [-0.15, -0.1) is 0 Å². The summed E-state index contributed by atoms with van der Waals surface area (Å²) >= 11 is 10.5. The van der Waals surface area contributed by atoms with E-state index in [2.05, 4.69) is 0 Å². The van der Waals surface area contributed by atoms with E-state index < -0.39 is 10.5 Å². The van der Waals surface area contributed by atoms with E-state index in [-0.39, 0.29) is 0 Å². The molecule has 2 aromatic rings. The number of carbonyl (C=O) groups is 2. The fraction of sp³-hybridized carbons (Fsp3) is 0.125. The van der Waals surface area contributed by atoms with Gasteiger partial charge in [-0.1, -0.05) is 41.5 Å². The first-order chi connectivity index (χ1) is 9.40. The van der Waals surface area contributed by atoms with E-state index in [1.54, 1.807) is 24.3 Å². The molecule has 0 saturated heterocycles. The second-order valence-corrected chi connectivity index (χ2v) is 4.97. The zero-order valence-electron chi connectivity index (χ0n) is 11.2. The van der Waals surface area contributed by atoms with Gasteiger partial charge >= 0.3 is 0 Å². The first kappa shape index (κ1) is 16.4. The third kappa shape index (κ3) is 5.55. The van der Waals surface area contributed by atoms with Crippen LogP contribution in [0.1, 0.15) is 31.8 Å². The zero-order chi connectivity index (χ0) is 15.1. The molecule has 2 aromatic carbocycles. The van der Waals surface area contributed by atoms with Crippen LogP contribution >= 0.6 is 23.2 Å². The lowest BCUT2D eigenvalue weighted by Gasteiger charge is -1.93. The van der Waals surface area contributed by atoms with Crippen molar-refractivity contribution in [1.82, 2.24) is 0 Å². The molecule has 20 heavy (non-hydrogen) atoms. The van der Waals surface area contributed by atoms with Crippen molar-refractivity contribution >= 4 is 33.7 Å². The number of hydrogen-bond acceptors (Lipinski definition) is 2. The van der Waals surface area contributed by atoms with Gasteiger partial charge < -0.3 is 0 Å².